The molecular formula is C14H11F3O2. The maximum absolute atomic E-state index is 13.2. The van der Waals surface area contributed by atoms with Crippen LogP contribution >= 0.6 is 0 Å². The molecule has 1 atom stereocenters. The van der Waals surface area contributed by atoms with Crippen molar-refractivity contribution in [2.45, 2.75) is 6.10 Å². The Balaban J connectivity index is 2.37. The van der Waals surface area contributed by atoms with Crippen molar-refractivity contribution in [1.29, 1.82) is 0 Å². The van der Waals surface area contributed by atoms with Gasteiger partial charge in [-0.25, -0.2) is 13.2 Å². The molecule has 1 N–H and O–H groups in total. The van der Waals surface area contributed by atoms with E-state index in [2.05, 4.69) is 0 Å². The summed E-state index contributed by atoms with van der Waals surface area (Å²) in [5.74, 6) is -2.64. The van der Waals surface area contributed by atoms with Crippen LogP contribution in [0.25, 0.3) is 0 Å². The van der Waals surface area contributed by atoms with E-state index in [1.807, 2.05) is 0 Å². The lowest BCUT2D eigenvalue weighted by Crippen LogP contribution is -2.02. The molecule has 0 saturated carbocycles. The lowest BCUT2D eigenvalue weighted by Gasteiger charge is -2.13. The van der Waals surface area contributed by atoms with Gasteiger partial charge in [-0.2, -0.15) is 0 Å². The van der Waals surface area contributed by atoms with Crippen molar-refractivity contribution in [1.82, 2.24) is 0 Å². The van der Waals surface area contributed by atoms with Gasteiger partial charge in [-0.05, 0) is 35.4 Å². The summed E-state index contributed by atoms with van der Waals surface area (Å²) in [6, 6.07) is 6.88. The zero-order valence-corrected chi connectivity index (χ0v) is 10.0. The Morgan fingerprint density at radius 3 is 2.05 bits per heavy atom. The number of rotatable bonds is 3. The molecule has 0 spiro atoms. The summed E-state index contributed by atoms with van der Waals surface area (Å²) in [4.78, 5) is 0. The number of hydrogen-bond donors (Lipinski definition) is 1. The Bertz CT molecular complexity index is 599. The molecule has 0 saturated heterocycles. The fraction of sp³-hybridized carbons (Fsp3) is 0.143. The molecule has 0 radical (unpaired) electrons. The zero-order chi connectivity index (χ0) is 14.0. The first kappa shape index (κ1) is 13.4. The molecule has 0 amide bonds. The molecule has 2 aromatic rings. The predicted molar refractivity (Wildman–Crippen MR) is 63.4 cm³/mol. The van der Waals surface area contributed by atoms with Crippen LogP contribution in [0.3, 0.4) is 0 Å². The Morgan fingerprint density at radius 1 is 0.895 bits per heavy atom. The van der Waals surface area contributed by atoms with E-state index in [0.29, 0.717) is 5.56 Å². The predicted octanol–water partition coefficient (Wildman–Crippen LogP) is 3.19. The monoisotopic (exact) mass is 268 g/mol. The van der Waals surface area contributed by atoms with Crippen LogP contribution < -0.4 is 4.74 Å². The average Bonchev–Trinajstić information content (AvgIpc) is 2.41. The molecule has 0 fully saturated rings. The van der Waals surface area contributed by atoms with E-state index in [4.69, 9.17) is 4.74 Å². The minimum Gasteiger partial charge on any atom is -0.494 e. The van der Waals surface area contributed by atoms with Crippen molar-refractivity contribution in [2.75, 3.05) is 7.11 Å². The largest absolute Gasteiger partial charge is 0.494 e. The summed E-state index contributed by atoms with van der Waals surface area (Å²) in [6.07, 6.45) is -1.19. The molecule has 2 rings (SSSR count). The molecule has 0 aliphatic heterocycles. The van der Waals surface area contributed by atoms with Crippen LogP contribution in [0.4, 0.5) is 13.2 Å². The average molecular weight is 268 g/mol. The summed E-state index contributed by atoms with van der Waals surface area (Å²) >= 11 is 0. The van der Waals surface area contributed by atoms with E-state index in [9.17, 15) is 18.3 Å². The first-order valence-corrected chi connectivity index (χ1v) is 5.49. The lowest BCUT2D eigenvalue weighted by molar-refractivity contribution is 0.218. The van der Waals surface area contributed by atoms with E-state index in [1.165, 1.54) is 25.3 Å². The second-order valence-electron chi connectivity index (χ2n) is 3.97. The molecule has 5 heteroatoms. The van der Waals surface area contributed by atoms with E-state index in [0.717, 1.165) is 18.2 Å². The number of hydrogen-bond acceptors (Lipinski definition) is 2. The standard InChI is InChI=1S/C14H11F3O2/c1-19-13-7-9(3-5-11(13)16)14(18)8-2-4-10(15)12(17)6-8/h2-7,14,18H,1H3. The normalized spacial score (nSPS) is 12.3. The smallest absolute Gasteiger partial charge is 0.165 e. The van der Waals surface area contributed by atoms with Crippen molar-refractivity contribution in [3.63, 3.8) is 0 Å². The van der Waals surface area contributed by atoms with Gasteiger partial charge in [0.1, 0.15) is 6.10 Å². The molecule has 0 heterocycles. The van der Waals surface area contributed by atoms with E-state index >= 15 is 0 Å². The van der Waals surface area contributed by atoms with Crippen LogP contribution in [0.1, 0.15) is 17.2 Å². The third-order valence-electron chi connectivity index (χ3n) is 2.75. The Labute approximate surface area is 108 Å². The number of halogens is 3. The fourth-order valence-electron chi connectivity index (χ4n) is 1.72. The maximum atomic E-state index is 13.2. The Morgan fingerprint density at radius 2 is 1.47 bits per heavy atom. The third-order valence-corrected chi connectivity index (χ3v) is 2.75. The van der Waals surface area contributed by atoms with E-state index in [-0.39, 0.29) is 11.3 Å². The van der Waals surface area contributed by atoms with Gasteiger partial charge in [0.15, 0.2) is 23.2 Å². The molecule has 0 aliphatic carbocycles. The second kappa shape index (κ2) is 5.32. The van der Waals surface area contributed by atoms with Crippen molar-refractivity contribution < 1.29 is 23.0 Å². The van der Waals surface area contributed by atoms with Gasteiger partial charge in [0.05, 0.1) is 7.11 Å². The molecular weight excluding hydrogens is 257 g/mol. The molecule has 2 nitrogen and oxygen atoms in total. The summed E-state index contributed by atoms with van der Waals surface area (Å²) in [7, 11) is 1.30. The quantitative estimate of drug-likeness (QED) is 0.926. The molecule has 0 aliphatic rings. The first-order valence-electron chi connectivity index (χ1n) is 5.49. The minimum absolute atomic E-state index is 0.0286. The molecule has 1 unspecified atom stereocenters. The third kappa shape index (κ3) is 2.71. The van der Waals surface area contributed by atoms with Gasteiger partial charge in [-0.15, -0.1) is 0 Å². The van der Waals surface area contributed by atoms with Crippen molar-refractivity contribution in [2.24, 2.45) is 0 Å². The van der Waals surface area contributed by atoms with Gasteiger partial charge < -0.3 is 9.84 Å². The Hall–Kier alpha value is -2.01. The minimum atomic E-state index is -1.19. The summed E-state index contributed by atoms with van der Waals surface area (Å²) in [5.41, 5.74) is 0.497. The van der Waals surface area contributed by atoms with Gasteiger partial charge in [0.2, 0.25) is 0 Å². The SMILES string of the molecule is COc1cc(C(O)c2ccc(F)c(F)c2)ccc1F. The summed E-state index contributed by atoms with van der Waals surface area (Å²) in [5, 5.41) is 10.1. The number of aliphatic hydroxyl groups excluding tert-OH is 1. The number of ether oxygens (including phenoxy) is 1. The number of aliphatic hydroxyl groups is 1. The summed E-state index contributed by atoms with van der Waals surface area (Å²) < 4.78 is 43.9. The highest BCUT2D eigenvalue weighted by Gasteiger charge is 2.15. The fourth-order valence-corrected chi connectivity index (χ4v) is 1.72. The number of methoxy groups -OCH3 is 1. The van der Waals surface area contributed by atoms with Crippen molar-refractivity contribution in [3.05, 3.63) is 65.0 Å². The highest BCUT2D eigenvalue weighted by Crippen LogP contribution is 2.27. The van der Waals surface area contributed by atoms with Crippen molar-refractivity contribution in [3.8, 4) is 5.75 Å². The van der Waals surface area contributed by atoms with Crippen LogP contribution in [-0.4, -0.2) is 12.2 Å². The zero-order valence-electron chi connectivity index (χ0n) is 10.0. The van der Waals surface area contributed by atoms with Gasteiger partial charge in [-0.3, -0.25) is 0 Å². The van der Waals surface area contributed by atoms with Gasteiger partial charge >= 0.3 is 0 Å². The van der Waals surface area contributed by atoms with E-state index < -0.39 is 23.6 Å². The van der Waals surface area contributed by atoms with Crippen LogP contribution in [0, 0.1) is 17.5 Å². The highest BCUT2D eigenvalue weighted by molar-refractivity contribution is 5.36. The summed E-state index contributed by atoms with van der Waals surface area (Å²) in [6.45, 7) is 0. The van der Waals surface area contributed by atoms with Crippen LogP contribution in [0.15, 0.2) is 36.4 Å². The van der Waals surface area contributed by atoms with Gasteiger partial charge in [0.25, 0.3) is 0 Å². The molecule has 100 valence electrons. The second-order valence-corrected chi connectivity index (χ2v) is 3.97. The van der Waals surface area contributed by atoms with Gasteiger partial charge in [-0.1, -0.05) is 12.1 Å². The Kier molecular flexibility index (Phi) is 3.76. The lowest BCUT2D eigenvalue weighted by atomic mass is 10.0. The van der Waals surface area contributed by atoms with Crippen LogP contribution in [0.5, 0.6) is 5.75 Å². The van der Waals surface area contributed by atoms with Crippen LogP contribution in [0.2, 0.25) is 0 Å². The molecule has 0 bridgehead atoms. The van der Waals surface area contributed by atoms with Crippen molar-refractivity contribution >= 4 is 0 Å². The molecule has 19 heavy (non-hydrogen) atoms. The molecule has 0 aromatic heterocycles. The van der Waals surface area contributed by atoms with Gasteiger partial charge in [0, 0.05) is 0 Å². The van der Waals surface area contributed by atoms with Crippen LogP contribution in [-0.2, 0) is 0 Å². The van der Waals surface area contributed by atoms with E-state index in [1.54, 1.807) is 0 Å². The topological polar surface area (TPSA) is 29.5 Å². The highest BCUT2D eigenvalue weighted by atomic mass is 19.2. The number of benzene rings is 2. The maximum Gasteiger partial charge on any atom is 0.165 e. The first-order chi connectivity index (χ1) is 9.02. The molecule has 2 aromatic carbocycles.